The van der Waals surface area contributed by atoms with E-state index in [9.17, 15) is 9.18 Å². The van der Waals surface area contributed by atoms with Gasteiger partial charge in [-0.2, -0.15) is 0 Å². The summed E-state index contributed by atoms with van der Waals surface area (Å²) in [6.07, 6.45) is 6.00. The molecule has 1 aromatic heterocycles. The minimum atomic E-state index is -1.00. The Labute approximate surface area is 140 Å². The van der Waals surface area contributed by atoms with Crippen LogP contribution in [0.1, 0.15) is 25.0 Å². The van der Waals surface area contributed by atoms with Crippen LogP contribution in [0, 0.1) is 5.82 Å². The van der Waals surface area contributed by atoms with Crippen molar-refractivity contribution >= 4 is 17.9 Å². The summed E-state index contributed by atoms with van der Waals surface area (Å²) in [5.41, 5.74) is 2.44. The lowest BCUT2D eigenvalue weighted by atomic mass is 10.0. The van der Waals surface area contributed by atoms with Crippen molar-refractivity contribution in [2.24, 2.45) is 0 Å². The van der Waals surface area contributed by atoms with Gasteiger partial charge in [-0.15, -0.1) is 0 Å². The Morgan fingerprint density at radius 3 is 2.46 bits per heavy atom. The van der Waals surface area contributed by atoms with Crippen LogP contribution in [0.4, 0.5) is 10.2 Å². The monoisotopic (exact) mass is 326 g/mol. The highest BCUT2D eigenvalue weighted by molar-refractivity contribution is 5.85. The molecule has 2 heterocycles. The van der Waals surface area contributed by atoms with E-state index in [2.05, 4.69) is 9.88 Å². The maximum Gasteiger partial charge on any atom is 0.328 e. The van der Waals surface area contributed by atoms with Crippen LogP contribution in [0.3, 0.4) is 0 Å². The number of nitrogens with zero attached hydrogens (tertiary/aromatic N) is 2. The number of carboxylic acid groups (broad SMARTS) is 1. The Bertz CT molecular complexity index is 750. The molecular weight excluding hydrogens is 307 g/mol. The molecule has 24 heavy (non-hydrogen) atoms. The van der Waals surface area contributed by atoms with Crippen molar-refractivity contribution in [3.05, 3.63) is 54.0 Å². The zero-order valence-corrected chi connectivity index (χ0v) is 13.3. The van der Waals surface area contributed by atoms with Gasteiger partial charge in [0.1, 0.15) is 11.6 Å². The quantitative estimate of drug-likeness (QED) is 0.864. The van der Waals surface area contributed by atoms with Gasteiger partial charge in [-0.1, -0.05) is 12.1 Å². The molecule has 3 rings (SSSR count). The highest BCUT2D eigenvalue weighted by Gasteiger charge is 2.17. The Morgan fingerprint density at radius 2 is 1.79 bits per heavy atom. The van der Waals surface area contributed by atoms with Crippen LogP contribution in [0.25, 0.3) is 17.2 Å². The Kier molecular flexibility index (Phi) is 4.89. The smallest absolute Gasteiger partial charge is 0.328 e. The average molecular weight is 326 g/mol. The van der Waals surface area contributed by atoms with Crippen LogP contribution >= 0.6 is 0 Å². The number of piperidine rings is 1. The number of hydrogen-bond acceptors (Lipinski definition) is 3. The normalized spacial score (nSPS) is 15.0. The second-order valence-electron chi connectivity index (χ2n) is 5.83. The third-order valence-corrected chi connectivity index (χ3v) is 4.10. The largest absolute Gasteiger partial charge is 0.478 e. The Balaban J connectivity index is 2.02. The summed E-state index contributed by atoms with van der Waals surface area (Å²) in [7, 11) is 0. The second-order valence-corrected chi connectivity index (χ2v) is 5.83. The van der Waals surface area contributed by atoms with Crippen molar-refractivity contribution in [1.29, 1.82) is 0 Å². The molecule has 0 amide bonds. The van der Waals surface area contributed by atoms with Gasteiger partial charge in [0.05, 0.1) is 5.69 Å². The lowest BCUT2D eigenvalue weighted by molar-refractivity contribution is -0.131. The molecule has 1 aliphatic rings. The van der Waals surface area contributed by atoms with Gasteiger partial charge in [-0.25, -0.2) is 14.2 Å². The SMILES string of the molecule is O=C(O)/C=C/c1ccc(-c2ccc(F)cc2)c(N2CCCCC2)n1. The number of carbonyl (C=O) groups is 1. The highest BCUT2D eigenvalue weighted by Crippen LogP contribution is 2.31. The first-order chi connectivity index (χ1) is 11.6. The van der Waals surface area contributed by atoms with E-state index >= 15 is 0 Å². The lowest BCUT2D eigenvalue weighted by Gasteiger charge is -2.29. The molecule has 1 aliphatic heterocycles. The van der Waals surface area contributed by atoms with Crippen molar-refractivity contribution in [1.82, 2.24) is 4.98 Å². The number of anilines is 1. The van der Waals surface area contributed by atoms with E-state index in [1.807, 2.05) is 6.07 Å². The molecule has 1 fully saturated rings. The summed E-state index contributed by atoms with van der Waals surface area (Å²) in [6.45, 7) is 1.85. The number of rotatable bonds is 4. The van der Waals surface area contributed by atoms with Gasteiger partial charge in [0.2, 0.25) is 0 Å². The Morgan fingerprint density at radius 1 is 1.08 bits per heavy atom. The van der Waals surface area contributed by atoms with Gasteiger partial charge in [-0.05, 0) is 55.2 Å². The van der Waals surface area contributed by atoms with Gasteiger partial charge in [0, 0.05) is 24.7 Å². The maximum absolute atomic E-state index is 13.2. The van der Waals surface area contributed by atoms with Crippen molar-refractivity contribution in [3.63, 3.8) is 0 Å². The molecule has 1 aromatic carbocycles. The van der Waals surface area contributed by atoms with E-state index in [0.717, 1.165) is 49.0 Å². The van der Waals surface area contributed by atoms with Crippen LogP contribution in [0.5, 0.6) is 0 Å². The van der Waals surface area contributed by atoms with E-state index in [4.69, 9.17) is 5.11 Å². The molecule has 0 saturated carbocycles. The van der Waals surface area contributed by atoms with Crippen LogP contribution in [0.2, 0.25) is 0 Å². The zero-order chi connectivity index (χ0) is 16.9. The summed E-state index contributed by atoms with van der Waals surface area (Å²) in [5, 5.41) is 8.79. The minimum absolute atomic E-state index is 0.271. The van der Waals surface area contributed by atoms with Gasteiger partial charge >= 0.3 is 5.97 Å². The molecule has 2 aromatic rings. The number of aromatic nitrogens is 1. The number of pyridine rings is 1. The summed E-state index contributed by atoms with van der Waals surface area (Å²) in [5.74, 6) is -0.444. The van der Waals surface area contributed by atoms with Gasteiger partial charge in [-0.3, -0.25) is 0 Å². The third-order valence-electron chi connectivity index (χ3n) is 4.10. The van der Waals surface area contributed by atoms with Crippen molar-refractivity contribution < 1.29 is 14.3 Å². The molecule has 0 atom stereocenters. The molecule has 1 saturated heterocycles. The van der Waals surface area contributed by atoms with Crippen LogP contribution in [-0.2, 0) is 4.79 Å². The van der Waals surface area contributed by atoms with E-state index < -0.39 is 5.97 Å². The fourth-order valence-corrected chi connectivity index (χ4v) is 2.91. The third kappa shape index (κ3) is 3.79. The topological polar surface area (TPSA) is 53.4 Å². The maximum atomic E-state index is 13.2. The molecule has 1 N–H and O–H groups in total. The number of halogens is 1. The van der Waals surface area contributed by atoms with E-state index in [1.165, 1.54) is 24.6 Å². The fraction of sp³-hybridized carbons (Fsp3) is 0.263. The predicted octanol–water partition coefficient (Wildman–Crippen LogP) is 3.98. The van der Waals surface area contributed by atoms with E-state index in [1.54, 1.807) is 18.2 Å². The van der Waals surface area contributed by atoms with Crippen LogP contribution in [0.15, 0.2) is 42.5 Å². The van der Waals surface area contributed by atoms with Crippen molar-refractivity contribution in [2.75, 3.05) is 18.0 Å². The van der Waals surface area contributed by atoms with Crippen molar-refractivity contribution in [3.8, 4) is 11.1 Å². The van der Waals surface area contributed by atoms with Crippen LogP contribution < -0.4 is 4.90 Å². The predicted molar refractivity (Wildman–Crippen MR) is 92.4 cm³/mol. The van der Waals surface area contributed by atoms with Gasteiger partial charge in [0.15, 0.2) is 0 Å². The van der Waals surface area contributed by atoms with E-state index in [-0.39, 0.29) is 5.82 Å². The molecule has 0 spiro atoms. The second kappa shape index (κ2) is 7.25. The average Bonchev–Trinajstić information content (AvgIpc) is 2.61. The van der Waals surface area contributed by atoms with Gasteiger partial charge < -0.3 is 10.0 Å². The fourth-order valence-electron chi connectivity index (χ4n) is 2.91. The molecular formula is C19H19FN2O2. The highest BCUT2D eigenvalue weighted by atomic mass is 19.1. The Hall–Kier alpha value is -2.69. The lowest BCUT2D eigenvalue weighted by Crippen LogP contribution is -2.30. The van der Waals surface area contributed by atoms with Crippen LogP contribution in [-0.4, -0.2) is 29.1 Å². The molecule has 0 unspecified atom stereocenters. The van der Waals surface area contributed by atoms with Gasteiger partial charge in [0.25, 0.3) is 0 Å². The summed E-state index contributed by atoms with van der Waals surface area (Å²) >= 11 is 0. The molecule has 5 heteroatoms. The molecule has 124 valence electrons. The first-order valence-electron chi connectivity index (χ1n) is 8.06. The number of benzene rings is 1. The molecule has 4 nitrogen and oxygen atoms in total. The summed E-state index contributed by atoms with van der Waals surface area (Å²) in [4.78, 5) is 17.6. The zero-order valence-electron chi connectivity index (χ0n) is 13.3. The number of hydrogen-bond donors (Lipinski definition) is 1. The first kappa shape index (κ1) is 16.2. The summed E-state index contributed by atoms with van der Waals surface area (Å²) in [6, 6.07) is 10.1. The van der Waals surface area contributed by atoms with Crippen molar-refractivity contribution in [2.45, 2.75) is 19.3 Å². The number of carboxylic acids is 1. The summed E-state index contributed by atoms with van der Waals surface area (Å²) < 4.78 is 13.2. The molecule has 0 radical (unpaired) electrons. The molecule has 0 bridgehead atoms. The first-order valence-corrected chi connectivity index (χ1v) is 8.06. The standard InChI is InChI=1S/C19H19FN2O2/c20-15-6-4-14(5-7-15)17-10-8-16(9-11-18(23)24)21-19(17)22-12-2-1-3-13-22/h4-11H,1-3,12-13H2,(H,23,24)/b11-9+. The number of aliphatic carboxylic acids is 1. The van der Waals surface area contributed by atoms with E-state index in [0.29, 0.717) is 5.69 Å². The minimum Gasteiger partial charge on any atom is -0.478 e. The molecule has 0 aliphatic carbocycles.